The van der Waals surface area contributed by atoms with Gasteiger partial charge in [-0.2, -0.15) is 0 Å². The molecule has 0 fully saturated rings. The van der Waals surface area contributed by atoms with E-state index in [1.807, 2.05) is 30.3 Å². The molecular weight excluding hydrogens is 321 g/mol. The second-order valence-corrected chi connectivity index (χ2v) is 5.93. The zero-order chi connectivity index (χ0) is 14.1. The molecule has 0 aliphatic heterocycles. The van der Waals surface area contributed by atoms with Crippen LogP contribution in [0.2, 0.25) is 0 Å². The minimum atomic E-state index is -0.423. The Morgan fingerprint density at radius 1 is 1.25 bits per heavy atom. The van der Waals surface area contributed by atoms with E-state index in [1.54, 1.807) is 6.07 Å². The van der Waals surface area contributed by atoms with Crippen molar-refractivity contribution in [1.29, 1.82) is 0 Å². The van der Waals surface area contributed by atoms with Crippen LogP contribution in [0.15, 0.2) is 46.9 Å². The summed E-state index contributed by atoms with van der Waals surface area (Å²) in [5, 5.41) is 13.5. The number of hydrogen-bond donors (Lipinski definition) is 2. The molecule has 0 spiro atoms. The third-order valence-corrected chi connectivity index (χ3v) is 4.36. The average molecular weight is 336 g/mol. The number of aliphatic hydroxyl groups excluding tert-OH is 1. The van der Waals surface area contributed by atoms with Crippen molar-refractivity contribution in [3.63, 3.8) is 0 Å². The van der Waals surface area contributed by atoms with Crippen molar-refractivity contribution in [2.24, 2.45) is 0 Å². The molecule has 2 N–H and O–H groups in total. The topological polar surface area (TPSA) is 32.3 Å². The summed E-state index contributed by atoms with van der Waals surface area (Å²) >= 11 is 3.14. The van der Waals surface area contributed by atoms with Crippen LogP contribution >= 0.6 is 15.9 Å². The van der Waals surface area contributed by atoms with E-state index in [1.165, 1.54) is 11.6 Å². The molecule has 1 aliphatic rings. The number of hydrogen-bond acceptors (Lipinski definition) is 2. The highest BCUT2D eigenvalue weighted by Crippen LogP contribution is 2.31. The van der Waals surface area contributed by atoms with Crippen molar-refractivity contribution in [2.75, 3.05) is 0 Å². The lowest BCUT2D eigenvalue weighted by Crippen LogP contribution is -2.28. The molecule has 0 radical (unpaired) electrons. The number of fused-ring (bicyclic) bond motifs is 1. The molecule has 0 unspecified atom stereocenters. The predicted molar refractivity (Wildman–Crippen MR) is 79.8 cm³/mol. The first kappa shape index (κ1) is 13.7. The van der Waals surface area contributed by atoms with Gasteiger partial charge in [0.1, 0.15) is 5.82 Å². The summed E-state index contributed by atoms with van der Waals surface area (Å²) in [6.07, 6.45) is 0.246. The lowest BCUT2D eigenvalue weighted by molar-refractivity contribution is 0.140. The maximum absolute atomic E-state index is 13.5. The molecule has 0 bridgehead atoms. The second kappa shape index (κ2) is 5.64. The fourth-order valence-corrected chi connectivity index (χ4v) is 2.94. The summed E-state index contributed by atoms with van der Waals surface area (Å²) in [5.41, 5.74) is 3.18. The Hall–Kier alpha value is -1.23. The largest absolute Gasteiger partial charge is 0.391 e. The molecule has 2 aromatic carbocycles. The summed E-state index contributed by atoms with van der Waals surface area (Å²) < 4.78 is 13.9. The number of aliphatic hydroxyl groups is 1. The van der Waals surface area contributed by atoms with E-state index >= 15 is 0 Å². The SMILES string of the molecule is O[C@H]1Cc2ccccc2[C@H]1NCc1ccc(Br)c(F)c1. The molecule has 20 heavy (non-hydrogen) atoms. The lowest BCUT2D eigenvalue weighted by Gasteiger charge is -2.18. The van der Waals surface area contributed by atoms with Crippen LogP contribution < -0.4 is 5.32 Å². The van der Waals surface area contributed by atoms with Gasteiger partial charge in [-0.15, -0.1) is 0 Å². The van der Waals surface area contributed by atoms with Crippen molar-refractivity contribution >= 4 is 15.9 Å². The van der Waals surface area contributed by atoms with Crippen molar-refractivity contribution in [2.45, 2.75) is 25.1 Å². The fourth-order valence-electron chi connectivity index (χ4n) is 2.70. The number of rotatable bonds is 3. The molecule has 0 amide bonds. The highest BCUT2D eigenvalue weighted by Gasteiger charge is 2.29. The zero-order valence-corrected chi connectivity index (χ0v) is 12.4. The van der Waals surface area contributed by atoms with E-state index in [2.05, 4.69) is 21.2 Å². The van der Waals surface area contributed by atoms with Crippen molar-refractivity contribution in [1.82, 2.24) is 5.32 Å². The molecule has 0 saturated heterocycles. The molecule has 2 aromatic rings. The fraction of sp³-hybridized carbons (Fsp3) is 0.250. The van der Waals surface area contributed by atoms with Gasteiger partial charge < -0.3 is 10.4 Å². The minimum Gasteiger partial charge on any atom is -0.391 e. The second-order valence-electron chi connectivity index (χ2n) is 5.08. The summed E-state index contributed by atoms with van der Waals surface area (Å²) in [7, 11) is 0. The molecule has 3 rings (SSSR count). The Bertz CT molecular complexity index is 632. The van der Waals surface area contributed by atoms with Gasteiger partial charge >= 0.3 is 0 Å². The van der Waals surface area contributed by atoms with Crippen LogP contribution in [-0.2, 0) is 13.0 Å². The molecule has 4 heteroatoms. The van der Waals surface area contributed by atoms with Crippen molar-refractivity contribution in [3.8, 4) is 0 Å². The molecule has 2 nitrogen and oxygen atoms in total. The van der Waals surface area contributed by atoms with E-state index in [0.29, 0.717) is 17.4 Å². The molecule has 0 heterocycles. The third-order valence-electron chi connectivity index (χ3n) is 3.71. The van der Waals surface area contributed by atoms with Crippen LogP contribution in [0.1, 0.15) is 22.7 Å². The van der Waals surface area contributed by atoms with Crippen molar-refractivity contribution < 1.29 is 9.50 Å². The van der Waals surface area contributed by atoms with E-state index in [-0.39, 0.29) is 11.9 Å². The van der Waals surface area contributed by atoms with E-state index in [0.717, 1.165) is 11.1 Å². The maximum atomic E-state index is 13.5. The number of benzene rings is 2. The van der Waals surface area contributed by atoms with Crippen molar-refractivity contribution in [3.05, 3.63) is 69.4 Å². The summed E-state index contributed by atoms with van der Waals surface area (Å²) in [6.45, 7) is 0.528. The summed E-state index contributed by atoms with van der Waals surface area (Å²) in [5.74, 6) is -0.267. The number of nitrogens with one attached hydrogen (secondary N) is 1. The molecule has 2 atom stereocenters. The van der Waals surface area contributed by atoms with Gasteiger partial charge in [0.05, 0.1) is 16.6 Å². The van der Waals surface area contributed by atoms with Gasteiger partial charge in [0.15, 0.2) is 0 Å². The first-order valence-electron chi connectivity index (χ1n) is 6.58. The predicted octanol–water partition coefficient (Wildman–Crippen LogP) is 3.34. The van der Waals surface area contributed by atoms with Gasteiger partial charge in [0.25, 0.3) is 0 Å². The first-order valence-corrected chi connectivity index (χ1v) is 7.37. The average Bonchev–Trinajstić information content (AvgIpc) is 2.76. The molecule has 0 aromatic heterocycles. The molecule has 0 saturated carbocycles. The summed E-state index contributed by atoms with van der Waals surface area (Å²) in [4.78, 5) is 0. The Labute approximate surface area is 125 Å². The Balaban J connectivity index is 1.74. The highest BCUT2D eigenvalue weighted by atomic mass is 79.9. The monoisotopic (exact) mass is 335 g/mol. The quantitative estimate of drug-likeness (QED) is 0.901. The molecule has 104 valence electrons. The Morgan fingerprint density at radius 2 is 2.05 bits per heavy atom. The zero-order valence-electron chi connectivity index (χ0n) is 10.8. The van der Waals surface area contributed by atoms with Crippen LogP contribution in [0, 0.1) is 5.82 Å². The van der Waals surface area contributed by atoms with Crippen LogP contribution in [0.25, 0.3) is 0 Å². The van der Waals surface area contributed by atoms with Gasteiger partial charge in [0, 0.05) is 13.0 Å². The minimum absolute atomic E-state index is 0.0853. The van der Waals surface area contributed by atoms with Gasteiger partial charge in [-0.3, -0.25) is 0 Å². The van der Waals surface area contributed by atoms with Crippen LogP contribution in [0.4, 0.5) is 4.39 Å². The van der Waals surface area contributed by atoms with Crippen LogP contribution in [-0.4, -0.2) is 11.2 Å². The highest BCUT2D eigenvalue weighted by molar-refractivity contribution is 9.10. The van der Waals surface area contributed by atoms with E-state index in [9.17, 15) is 9.50 Å². The van der Waals surface area contributed by atoms with Crippen LogP contribution in [0.3, 0.4) is 0 Å². The van der Waals surface area contributed by atoms with E-state index < -0.39 is 6.10 Å². The van der Waals surface area contributed by atoms with Gasteiger partial charge in [-0.25, -0.2) is 4.39 Å². The maximum Gasteiger partial charge on any atom is 0.137 e. The smallest absolute Gasteiger partial charge is 0.137 e. The molecular formula is C16H15BrFNO. The Kier molecular flexibility index (Phi) is 3.87. The standard InChI is InChI=1S/C16H15BrFNO/c17-13-6-5-10(7-14(13)18)9-19-16-12-4-2-1-3-11(12)8-15(16)20/h1-7,15-16,19-20H,8-9H2/t15-,16+/m0/s1. The van der Waals surface area contributed by atoms with Crippen LogP contribution in [0.5, 0.6) is 0 Å². The normalized spacial score (nSPS) is 20.9. The van der Waals surface area contributed by atoms with Gasteiger partial charge in [-0.05, 0) is 44.8 Å². The lowest BCUT2D eigenvalue weighted by atomic mass is 10.1. The first-order chi connectivity index (χ1) is 9.65. The van der Waals surface area contributed by atoms with Gasteiger partial charge in [0.2, 0.25) is 0 Å². The number of halogens is 2. The van der Waals surface area contributed by atoms with E-state index in [4.69, 9.17) is 0 Å². The van der Waals surface area contributed by atoms with Gasteiger partial charge in [-0.1, -0.05) is 30.3 Å². The summed E-state index contributed by atoms with van der Waals surface area (Å²) in [6, 6.07) is 13.0. The third kappa shape index (κ3) is 2.64. The Morgan fingerprint density at radius 3 is 2.85 bits per heavy atom. The molecule has 1 aliphatic carbocycles.